The maximum absolute atomic E-state index is 10.8. The summed E-state index contributed by atoms with van der Waals surface area (Å²) in [6, 6.07) is 11.2. The summed E-state index contributed by atoms with van der Waals surface area (Å²) in [6.45, 7) is 0. The molecule has 22 heavy (non-hydrogen) atoms. The monoisotopic (exact) mass is 334 g/mol. The van der Waals surface area contributed by atoms with Gasteiger partial charge >= 0.3 is 5.97 Å². The maximum Gasteiger partial charge on any atom is 0.335 e. The average Bonchev–Trinajstić information content (AvgIpc) is 3.00. The highest BCUT2D eigenvalue weighted by Crippen LogP contribution is 2.33. The van der Waals surface area contributed by atoms with Crippen LogP contribution in [-0.2, 0) is 0 Å². The van der Waals surface area contributed by atoms with Crippen molar-refractivity contribution in [3.05, 3.63) is 58.1 Å². The topological polar surface area (TPSA) is 76.2 Å². The molecule has 0 bridgehead atoms. The Kier molecular flexibility index (Phi) is 3.83. The molecule has 3 rings (SSSR count). The molecule has 110 valence electrons. The fourth-order valence-electron chi connectivity index (χ4n) is 1.87. The summed E-state index contributed by atoms with van der Waals surface area (Å²) >= 11 is 12.1. The summed E-state index contributed by atoms with van der Waals surface area (Å²) in [5.41, 5.74) is 1.33. The highest BCUT2D eigenvalue weighted by molar-refractivity contribution is 6.43. The summed E-state index contributed by atoms with van der Waals surface area (Å²) < 4.78 is 5.58. The number of aromatic nitrogens is 2. The Morgan fingerprint density at radius 1 is 1.00 bits per heavy atom. The van der Waals surface area contributed by atoms with Crippen molar-refractivity contribution in [2.24, 2.45) is 0 Å². The van der Waals surface area contributed by atoms with Gasteiger partial charge in [-0.05, 0) is 36.4 Å². The van der Waals surface area contributed by atoms with Crippen LogP contribution < -0.4 is 0 Å². The van der Waals surface area contributed by atoms with E-state index in [-0.39, 0.29) is 17.3 Å². The zero-order chi connectivity index (χ0) is 15.7. The molecule has 0 spiro atoms. The first-order valence-electron chi connectivity index (χ1n) is 6.18. The largest absolute Gasteiger partial charge is 0.478 e. The Bertz CT molecular complexity index is 844. The first-order valence-corrected chi connectivity index (χ1v) is 6.93. The minimum Gasteiger partial charge on any atom is -0.478 e. The van der Waals surface area contributed by atoms with Crippen LogP contribution in [-0.4, -0.2) is 21.3 Å². The number of aromatic carboxylic acids is 1. The van der Waals surface area contributed by atoms with Crippen LogP contribution in [0.25, 0.3) is 22.9 Å². The normalized spacial score (nSPS) is 10.6. The van der Waals surface area contributed by atoms with Crippen molar-refractivity contribution in [3.8, 4) is 22.9 Å². The summed E-state index contributed by atoms with van der Waals surface area (Å²) in [5, 5.41) is 17.5. The van der Waals surface area contributed by atoms with Crippen LogP contribution in [0.2, 0.25) is 10.0 Å². The van der Waals surface area contributed by atoms with Gasteiger partial charge in [0.15, 0.2) is 0 Å². The zero-order valence-electron chi connectivity index (χ0n) is 11.0. The van der Waals surface area contributed by atoms with E-state index in [0.29, 0.717) is 21.2 Å². The van der Waals surface area contributed by atoms with Crippen LogP contribution in [0.4, 0.5) is 0 Å². The molecule has 0 saturated heterocycles. The van der Waals surface area contributed by atoms with Crippen molar-refractivity contribution < 1.29 is 14.3 Å². The molecule has 1 heterocycles. The van der Waals surface area contributed by atoms with E-state index in [1.54, 1.807) is 30.3 Å². The number of carbonyl (C=O) groups is 1. The summed E-state index contributed by atoms with van der Waals surface area (Å²) in [5.74, 6) is -0.490. The number of benzene rings is 2. The van der Waals surface area contributed by atoms with E-state index in [4.69, 9.17) is 32.7 Å². The Balaban J connectivity index is 1.97. The molecule has 7 heteroatoms. The van der Waals surface area contributed by atoms with Gasteiger partial charge in [0.25, 0.3) is 0 Å². The Morgan fingerprint density at radius 3 is 2.36 bits per heavy atom. The lowest BCUT2D eigenvalue weighted by atomic mass is 10.1. The second kappa shape index (κ2) is 5.79. The van der Waals surface area contributed by atoms with Crippen LogP contribution in [0.15, 0.2) is 46.9 Å². The van der Waals surface area contributed by atoms with Gasteiger partial charge < -0.3 is 9.52 Å². The quantitative estimate of drug-likeness (QED) is 0.767. The van der Waals surface area contributed by atoms with Crippen molar-refractivity contribution >= 4 is 29.2 Å². The number of halogens is 2. The van der Waals surface area contributed by atoms with Gasteiger partial charge in [0.1, 0.15) is 0 Å². The third-order valence-electron chi connectivity index (χ3n) is 2.99. The second-order valence-electron chi connectivity index (χ2n) is 4.40. The Morgan fingerprint density at radius 2 is 1.68 bits per heavy atom. The molecule has 0 radical (unpaired) electrons. The lowest BCUT2D eigenvalue weighted by molar-refractivity contribution is 0.0697. The fourth-order valence-corrected chi connectivity index (χ4v) is 2.25. The van der Waals surface area contributed by atoms with E-state index in [1.165, 1.54) is 12.1 Å². The van der Waals surface area contributed by atoms with E-state index >= 15 is 0 Å². The van der Waals surface area contributed by atoms with Crippen LogP contribution in [0.3, 0.4) is 0 Å². The summed E-state index contributed by atoms with van der Waals surface area (Å²) in [7, 11) is 0. The minimum absolute atomic E-state index is 0.182. The van der Waals surface area contributed by atoms with Crippen molar-refractivity contribution in [2.45, 2.75) is 0 Å². The molecule has 5 nitrogen and oxygen atoms in total. The van der Waals surface area contributed by atoms with Crippen molar-refractivity contribution in [1.82, 2.24) is 10.2 Å². The maximum atomic E-state index is 10.8. The predicted molar refractivity (Wildman–Crippen MR) is 82.1 cm³/mol. The number of rotatable bonds is 3. The molecular weight excluding hydrogens is 327 g/mol. The summed E-state index contributed by atoms with van der Waals surface area (Å²) in [4.78, 5) is 10.8. The highest BCUT2D eigenvalue weighted by Gasteiger charge is 2.15. The zero-order valence-corrected chi connectivity index (χ0v) is 12.5. The molecule has 0 aliphatic rings. The highest BCUT2D eigenvalue weighted by atomic mass is 35.5. The average molecular weight is 335 g/mol. The predicted octanol–water partition coefficient (Wildman–Crippen LogP) is 4.41. The van der Waals surface area contributed by atoms with Crippen molar-refractivity contribution in [3.63, 3.8) is 0 Å². The van der Waals surface area contributed by atoms with Crippen LogP contribution in [0.5, 0.6) is 0 Å². The first-order chi connectivity index (χ1) is 10.6. The molecule has 0 aliphatic carbocycles. The third kappa shape index (κ3) is 2.68. The second-order valence-corrected chi connectivity index (χ2v) is 5.18. The summed E-state index contributed by atoms with van der Waals surface area (Å²) in [6.07, 6.45) is 0. The minimum atomic E-state index is -0.997. The molecular formula is C15H8Cl2N2O3. The van der Waals surface area contributed by atoms with E-state index in [1.807, 2.05) is 0 Å². The standard InChI is InChI=1S/C15H8Cl2N2O3/c16-11-3-1-2-10(12(11)17)14-19-18-13(22-14)8-4-6-9(7-5-8)15(20)21/h1-7H,(H,20,21). The molecule has 0 fully saturated rings. The van der Waals surface area contributed by atoms with E-state index in [2.05, 4.69) is 10.2 Å². The van der Waals surface area contributed by atoms with Gasteiger partial charge in [-0.2, -0.15) is 0 Å². The van der Waals surface area contributed by atoms with Crippen LogP contribution in [0, 0.1) is 0 Å². The molecule has 1 aromatic heterocycles. The van der Waals surface area contributed by atoms with E-state index < -0.39 is 5.97 Å². The van der Waals surface area contributed by atoms with E-state index in [9.17, 15) is 4.79 Å². The van der Waals surface area contributed by atoms with Crippen molar-refractivity contribution in [1.29, 1.82) is 0 Å². The van der Waals surface area contributed by atoms with Gasteiger partial charge in [-0.1, -0.05) is 29.3 Å². The molecule has 1 N–H and O–H groups in total. The molecule has 0 amide bonds. The van der Waals surface area contributed by atoms with Crippen LogP contribution in [0.1, 0.15) is 10.4 Å². The SMILES string of the molecule is O=C(O)c1ccc(-c2nnc(-c3cccc(Cl)c3Cl)o2)cc1. The Hall–Kier alpha value is -2.37. The van der Waals surface area contributed by atoms with Gasteiger partial charge in [0, 0.05) is 5.56 Å². The van der Waals surface area contributed by atoms with Crippen LogP contribution >= 0.6 is 23.2 Å². The van der Waals surface area contributed by atoms with Gasteiger partial charge in [0.05, 0.1) is 21.2 Å². The molecule has 0 saturated carbocycles. The number of nitrogens with zero attached hydrogens (tertiary/aromatic N) is 2. The van der Waals surface area contributed by atoms with Gasteiger partial charge in [-0.3, -0.25) is 0 Å². The van der Waals surface area contributed by atoms with Gasteiger partial charge in [-0.15, -0.1) is 10.2 Å². The fraction of sp³-hybridized carbons (Fsp3) is 0. The van der Waals surface area contributed by atoms with Gasteiger partial charge in [-0.25, -0.2) is 4.79 Å². The van der Waals surface area contributed by atoms with Gasteiger partial charge in [0.2, 0.25) is 11.8 Å². The first kappa shape index (κ1) is 14.6. The molecule has 3 aromatic rings. The number of carboxylic acids is 1. The number of hydrogen-bond acceptors (Lipinski definition) is 4. The lowest BCUT2D eigenvalue weighted by Gasteiger charge is -2.00. The smallest absolute Gasteiger partial charge is 0.335 e. The number of hydrogen-bond donors (Lipinski definition) is 1. The third-order valence-corrected chi connectivity index (χ3v) is 3.80. The molecule has 0 atom stereocenters. The molecule has 2 aromatic carbocycles. The molecule has 0 unspecified atom stereocenters. The Labute approximate surface area is 135 Å². The van der Waals surface area contributed by atoms with Crippen molar-refractivity contribution in [2.75, 3.05) is 0 Å². The molecule has 0 aliphatic heterocycles. The lowest BCUT2D eigenvalue weighted by Crippen LogP contribution is -1.94. The number of carboxylic acid groups (broad SMARTS) is 1. The van der Waals surface area contributed by atoms with E-state index in [0.717, 1.165) is 0 Å².